The summed E-state index contributed by atoms with van der Waals surface area (Å²) in [5.41, 5.74) is 1.49. The van der Waals surface area contributed by atoms with Crippen LogP contribution in [0, 0.1) is 5.82 Å². The van der Waals surface area contributed by atoms with Crippen LogP contribution in [0.2, 0.25) is 0 Å². The highest BCUT2D eigenvalue weighted by Gasteiger charge is 2.12. The van der Waals surface area contributed by atoms with Gasteiger partial charge in [-0.15, -0.1) is 0 Å². The first-order chi connectivity index (χ1) is 14.2. The van der Waals surface area contributed by atoms with E-state index in [1.54, 1.807) is 48.7 Å². The smallest absolute Gasteiger partial charge is 0.244 e. The van der Waals surface area contributed by atoms with E-state index in [4.69, 9.17) is 14.2 Å². The summed E-state index contributed by atoms with van der Waals surface area (Å²) in [5, 5.41) is 2.78. The lowest BCUT2D eigenvalue weighted by Crippen LogP contribution is -2.20. The van der Waals surface area contributed by atoms with Gasteiger partial charge >= 0.3 is 0 Å². The minimum absolute atomic E-state index is 0.203. The summed E-state index contributed by atoms with van der Waals surface area (Å²) in [5.74, 6) is 1.30. The maximum Gasteiger partial charge on any atom is 0.244 e. The Kier molecular flexibility index (Phi) is 5.38. The lowest BCUT2D eigenvalue weighted by atomic mass is 10.2. The number of fused-ring (bicyclic) bond motifs is 1. The van der Waals surface area contributed by atoms with Crippen molar-refractivity contribution in [1.29, 1.82) is 0 Å². The van der Waals surface area contributed by atoms with Gasteiger partial charge in [0.15, 0.2) is 11.5 Å². The molecule has 1 N–H and O–H groups in total. The van der Waals surface area contributed by atoms with Gasteiger partial charge in [-0.1, -0.05) is 18.2 Å². The Morgan fingerprint density at radius 3 is 2.93 bits per heavy atom. The number of pyridine rings is 1. The van der Waals surface area contributed by atoms with Crippen LogP contribution in [0.4, 0.5) is 4.39 Å². The zero-order valence-electron chi connectivity index (χ0n) is 15.3. The highest BCUT2D eigenvalue weighted by atomic mass is 19.1. The van der Waals surface area contributed by atoms with Gasteiger partial charge < -0.3 is 19.5 Å². The Morgan fingerprint density at radius 1 is 1.14 bits per heavy atom. The molecule has 0 atom stereocenters. The molecule has 0 spiro atoms. The largest absolute Gasteiger partial charge is 0.454 e. The number of amides is 1. The molecule has 0 radical (unpaired) electrons. The Bertz CT molecular complexity index is 1070. The quantitative estimate of drug-likeness (QED) is 0.641. The molecule has 7 heteroatoms. The third kappa shape index (κ3) is 4.70. The molecule has 1 aromatic heterocycles. The van der Waals surface area contributed by atoms with Crippen LogP contribution in [0.25, 0.3) is 6.08 Å². The number of carbonyl (C=O) groups excluding carboxylic acids is 1. The van der Waals surface area contributed by atoms with Crippen LogP contribution >= 0.6 is 0 Å². The van der Waals surface area contributed by atoms with Gasteiger partial charge in [0, 0.05) is 30.4 Å². The van der Waals surface area contributed by atoms with Crippen LogP contribution in [0.15, 0.2) is 66.9 Å². The number of halogens is 1. The molecule has 0 aliphatic carbocycles. The molecule has 0 unspecified atom stereocenters. The molecular formula is C22H17FN2O4. The summed E-state index contributed by atoms with van der Waals surface area (Å²) < 4.78 is 29.6. The predicted molar refractivity (Wildman–Crippen MR) is 104 cm³/mol. The second kappa shape index (κ2) is 8.43. The molecule has 3 aromatic rings. The maximum atomic E-state index is 13.3. The summed E-state index contributed by atoms with van der Waals surface area (Å²) in [7, 11) is 0. The molecule has 2 heterocycles. The molecular weight excluding hydrogens is 375 g/mol. The number of benzene rings is 2. The van der Waals surface area contributed by atoms with Gasteiger partial charge in [-0.25, -0.2) is 9.37 Å². The average molecular weight is 392 g/mol. The van der Waals surface area contributed by atoms with Crippen LogP contribution in [-0.4, -0.2) is 17.7 Å². The highest BCUT2D eigenvalue weighted by Crippen LogP contribution is 2.32. The Balaban J connectivity index is 1.38. The molecule has 1 aliphatic rings. The Labute approximate surface area is 166 Å². The predicted octanol–water partition coefficient (Wildman–Crippen LogP) is 4.07. The van der Waals surface area contributed by atoms with E-state index in [-0.39, 0.29) is 19.2 Å². The molecule has 0 bridgehead atoms. The van der Waals surface area contributed by atoms with Crippen molar-refractivity contribution in [3.05, 3.63) is 83.8 Å². The standard InChI is InChI=1S/C22H17FN2O4/c23-17-4-1-5-18(12-17)29-22-16(3-2-10-24-22)13-25-21(26)9-7-15-6-8-19-20(11-15)28-14-27-19/h1-12H,13-14H2,(H,25,26)/b9-7+. The van der Waals surface area contributed by atoms with Gasteiger partial charge in [0.05, 0.1) is 0 Å². The number of nitrogens with zero attached hydrogens (tertiary/aromatic N) is 1. The van der Waals surface area contributed by atoms with Crippen molar-refractivity contribution in [2.24, 2.45) is 0 Å². The molecule has 146 valence electrons. The monoisotopic (exact) mass is 392 g/mol. The third-order valence-electron chi connectivity index (χ3n) is 4.14. The third-order valence-corrected chi connectivity index (χ3v) is 4.14. The Hall–Kier alpha value is -3.87. The minimum atomic E-state index is -0.401. The van der Waals surface area contributed by atoms with E-state index in [2.05, 4.69) is 10.3 Å². The highest BCUT2D eigenvalue weighted by molar-refractivity contribution is 5.91. The Morgan fingerprint density at radius 2 is 2.03 bits per heavy atom. The molecule has 4 rings (SSSR count). The van der Waals surface area contributed by atoms with Crippen molar-refractivity contribution >= 4 is 12.0 Å². The minimum Gasteiger partial charge on any atom is -0.454 e. The van der Waals surface area contributed by atoms with Crippen molar-refractivity contribution in [2.75, 3.05) is 6.79 Å². The van der Waals surface area contributed by atoms with Gasteiger partial charge in [-0.3, -0.25) is 4.79 Å². The van der Waals surface area contributed by atoms with Crippen LogP contribution in [0.1, 0.15) is 11.1 Å². The summed E-state index contributed by atoms with van der Waals surface area (Å²) in [6.45, 7) is 0.414. The maximum absolute atomic E-state index is 13.3. The molecule has 1 aliphatic heterocycles. The number of aromatic nitrogens is 1. The normalized spacial score (nSPS) is 12.2. The van der Waals surface area contributed by atoms with Crippen LogP contribution in [-0.2, 0) is 11.3 Å². The van der Waals surface area contributed by atoms with Gasteiger partial charge in [-0.05, 0) is 42.0 Å². The first-order valence-corrected chi connectivity index (χ1v) is 8.90. The van der Waals surface area contributed by atoms with Crippen molar-refractivity contribution in [2.45, 2.75) is 6.54 Å². The van der Waals surface area contributed by atoms with Crippen LogP contribution in [0.3, 0.4) is 0 Å². The van der Waals surface area contributed by atoms with E-state index in [0.29, 0.717) is 28.7 Å². The second-order valence-electron chi connectivity index (χ2n) is 6.19. The molecule has 29 heavy (non-hydrogen) atoms. The van der Waals surface area contributed by atoms with Gasteiger partial charge in [0.1, 0.15) is 11.6 Å². The molecule has 0 saturated carbocycles. The second-order valence-corrected chi connectivity index (χ2v) is 6.19. The molecule has 6 nitrogen and oxygen atoms in total. The molecule has 2 aromatic carbocycles. The van der Waals surface area contributed by atoms with Crippen LogP contribution in [0.5, 0.6) is 23.1 Å². The van der Waals surface area contributed by atoms with Crippen molar-refractivity contribution in [1.82, 2.24) is 10.3 Å². The fourth-order valence-electron chi connectivity index (χ4n) is 2.72. The summed E-state index contributed by atoms with van der Waals surface area (Å²) in [6.07, 6.45) is 4.69. The molecule has 0 saturated heterocycles. The van der Waals surface area contributed by atoms with E-state index in [1.165, 1.54) is 18.2 Å². The summed E-state index contributed by atoms with van der Waals surface area (Å²) in [6, 6.07) is 14.7. The van der Waals surface area contributed by atoms with Crippen molar-refractivity contribution in [3.63, 3.8) is 0 Å². The van der Waals surface area contributed by atoms with E-state index in [1.807, 2.05) is 6.07 Å². The SMILES string of the molecule is O=C(/C=C/c1ccc2c(c1)OCO2)NCc1cccnc1Oc1cccc(F)c1. The van der Waals surface area contributed by atoms with E-state index in [0.717, 1.165) is 5.56 Å². The van der Waals surface area contributed by atoms with Crippen molar-refractivity contribution < 1.29 is 23.4 Å². The fourth-order valence-corrected chi connectivity index (χ4v) is 2.72. The zero-order chi connectivity index (χ0) is 20.1. The van der Waals surface area contributed by atoms with Gasteiger partial charge in [0.2, 0.25) is 18.6 Å². The average Bonchev–Trinajstić information content (AvgIpc) is 3.19. The molecule has 1 amide bonds. The lowest BCUT2D eigenvalue weighted by Gasteiger charge is -2.10. The van der Waals surface area contributed by atoms with E-state index >= 15 is 0 Å². The van der Waals surface area contributed by atoms with Gasteiger partial charge in [-0.2, -0.15) is 0 Å². The van der Waals surface area contributed by atoms with Gasteiger partial charge in [0.25, 0.3) is 0 Å². The van der Waals surface area contributed by atoms with E-state index < -0.39 is 5.82 Å². The topological polar surface area (TPSA) is 69.7 Å². The first-order valence-electron chi connectivity index (χ1n) is 8.90. The number of carbonyl (C=O) groups is 1. The van der Waals surface area contributed by atoms with E-state index in [9.17, 15) is 9.18 Å². The summed E-state index contributed by atoms with van der Waals surface area (Å²) >= 11 is 0. The number of hydrogen-bond acceptors (Lipinski definition) is 5. The zero-order valence-corrected chi connectivity index (χ0v) is 15.3. The van der Waals surface area contributed by atoms with Crippen LogP contribution < -0.4 is 19.5 Å². The number of ether oxygens (including phenoxy) is 3. The fraction of sp³-hybridized carbons (Fsp3) is 0.0909. The lowest BCUT2D eigenvalue weighted by molar-refractivity contribution is -0.116. The molecule has 0 fully saturated rings. The first kappa shape index (κ1) is 18.5. The number of rotatable bonds is 6. The summed E-state index contributed by atoms with van der Waals surface area (Å²) in [4.78, 5) is 16.3. The van der Waals surface area contributed by atoms with Crippen molar-refractivity contribution in [3.8, 4) is 23.1 Å². The number of hydrogen-bond donors (Lipinski definition) is 1. The number of nitrogens with one attached hydrogen (secondary N) is 1.